The molecule has 1 heterocycles. The van der Waals surface area contributed by atoms with Gasteiger partial charge < -0.3 is 10.5 Å². The van der Waals surface area contributed by atoms with E-state index in [1.165, 1.54) is 0 Å². The van der Waals surface area contributed by atoms with Crippen molar-refractivity contribution in [2.75, 3.05) is 0 Å². The Labute approximate surface area is 114 Å². The lowest BCUT2D eigenvalue weighted by molar-refractivity contribution is -0.147. The van der Waals surface area contributed by atoms with Crippen LogP contribution in [-0.4, -0.2) is 17.0 Å². The molecule has 98 valence electrons. The minimum atomic E-state index is -0.554. The Morgan fingerprint density at radius 2 is 2.12 bits per heavy atom. The lowest BCUT2D eigenvalue weighted by Gasteiger charge is -2.14. The highest BCUT2D eigenvalue weighted by Gasteiger charge is 2.18. The second kappa shape index (κ2) is 9.22. The second-order valence-electron chi connectivity index (χ2n) is 3.74. The molecular formula is C11H18Cl2N2O2. The van der Waals surface area contributed by atoms with Gasteiger partial charge in [-0.25, -0.2) is 0 Å². The molecule has 0 saturated heterocycles. The molecule has 0 aliphatic heterocycles. The van der Waals surface area contributed by atoms with Gasteiger partial charge in [0, 0.05) is 18.0 Å². The first-order chi connectivity index (χ1) is 7.11. The summed E-state index contributed by atoms with van der Waals surface area (Å²) in [5, 5.41) is 0. The van der Waals surface area contributed by atoms with E-state index in [2.05, 4.69) is 4.98 Å². The molecule has 0 aromatic carbocycles. The molecule has 0 bridgehead atoms. The summed E-state index contributed by atoms with van der Waals surface area (Å²) >= 11 is 0. The van der Waals surface area contributed by atoms with Gasteiger partial charge in [0.05, 0.1) is 0 Å². The zero-order chi connectivity index (χ0) is 11.3. The van der Waals surface area contributed by atoms with Gasteiger partial charge in [-0.1, -0.05) is 19.9 Å². The van der Waals surface area contributed by atoms with Gasteiger partial charge in [0.25, 0.3) is 0 Å². The molecule has 1 aromatic heterocycles. The van der Waals surface area contributed by atoms with Gasteiger partial charge in [-0.05, 0) is 12.0 Å². The molecule has 0 unspecified atom stereocenters. The van der Waals surface area contributed by atoms with E-state index in [4.69, 9.17) is 10.5 Å². The molecule has 0 fully saturated rings. The number of ether oxygens (including phenoxy) is 1. The Kier molecular flexibility index (Phi) is 10.0. The van der Waals surface area contributed by atoms with Crippen LogP contribution >= 0.6 is 24.8 Å². The molecule has 0 aliphatic carbocycles. The van der Waals surface area contributed by atoms with Crippen molar-refractivity contribution in [3.8, 4) is 0 Å². The molecular weight excluding hydrogens is 263 g/mol. The van der Waals surface area contributed by atoms with Gasteiger partial charge in [-0.2, -0.15) is 0 Å². The maximum atomic E-state index is 11.4. The second-order valence-corrected chi connectivity index (χ2v) is 3.74. The Bertz CT molecular complexity index is 321. The van der Waals surface area contributed by atoms with Crippen molar-refractivity contribution >= 4 is 30.8 Å². The van der Waals surface area contributed by atoms with Crippen LogP contribution in [0.25, 0.3) is 0 Å². The molecule has 0 radical (unpaired) electrons. The standard InChI is InChI=1S/C11H16N2O2.2ClH/c1-8(2)10(12)11(14)15-7-9-4-3-5-13-6-9;;/h3-6,8,10H,7,12H2,1-2H3;2*1H/t10-;;/m0../s1. The fourth-order valence-electron chi connectivity index (χ4n) is 1.01. The summed E-state index contributed by atoms with van der Waals surface area (Å²) in [6.07, 6.45) is 3.33. The molecule has 1 atom stereocenters. The van der Waals surface area contributed by atoms with E-state index in [0.29, 0.717) is 0 Å². The Hall–Kier alpha value is -0.840. The van der Waals surface area contributed by atoms with Crippen LogP contribution in [-0.2, 0) is 16.1 Å². The summed E-state index contributed by atoms with van der Waals surface area (Å²) in [7, 11) is 0. The summed E-state index contributed by atoms with van der Waals surface area (Å²) in [4.78, 5) is 15.3. The Balaban J connectivity index is 0. The summed E-state index contributed by atoms with van der Waals surface area (Å²) in [5.41, 5.74) is 6.50. The third-order valence-electron chi connectivity index (χ3n) is 2.09. The zero-order valence-electron chi connectivity index (χ0n) is 9.83. The average molecular weight is 281 g/mol. The number of rotatable bonds is 4. The van der Waals surface area contributed by atoms with E-state index in [-0.39, 0.29) is 43.3 Å². The minimum Gasteiger partial charge on any atom is -0.460 e. The summed E-state index contributed by atoms with van der Waals surface area (Å²) < 4.78 is 5.05. The van der Waals surface area contributed by atoms with Crippen LogP contribution in [0, 0.1) is 5.92 Å². The monoisotopic (exact) mass is 280 g/mol. The number of esters is 1. The number of aromatic nitrogens is 1. The van der Waals surface area contributed by atoms with Crippen molar-refractivity contribution in [3.05, 3.63) is 30.1 Å². The Morgan fingerprint density at radius 1 is 1.47 bits per heavy atom. The summed E-state index contributed by atoms with van der Waals surface area (Å²) in [6, 6.07) is 3.09. The van der Waals surface area contributed by atoms with Crippen molar-refractivity contribution in [2.24, 2.45) is 11.7 Å². The van der Waals surface area contributed by atoms with E-state index in [1.807, 2.05) is 19.9 Å². The molecule has 1 rings (SSSR count). The van der Waals surface area contributed by atoms with Crippen LogP contribution in [0.1, 0.15) is 19.4 Å². The molecule has 0 spiro atoms. The predicted octanol–water partition coefficient (Wildman–Crippen LogP) is 1.95. The Morgan fingerprint density at radius 3 is 2.59 bits per heavy atom. The number of nitrogens with two attached hydrogens (primary N) is 1. The first-order valence-electron chi connectivity index (χ1n) is 4.92. The predicted molar refractivity (Wildman–Crippen MR) is 71.3 cm³/mol. The van der Waals surface area contributed by atoms with Gasteiger partial charge in [0.1, 0.15) is 12.6 Å². The van der Waals surface area contributed by atoms with Crippen LogP contribution in [0.2, 0.25) is 0 Å². The molecule has 1 aromatic rings. The van der Waals surface area contributed by atoms with Crippen LogP contribution in [0.5, 0.6) is 0 Å². The quantitative estimate of drug-likeness (QED) is 0.857. The molecule has 2 N–H and O–H groups in total. The fourth-order valence-corrected chi connectivity index (χ4v) is 1.01. The SMILES string of the molecule is CC(C)[C@H](N)C(=O)OCc1cccnc1.Cl.Cl. The number of nitrogens with zero attached hydrogens (tertiary/aromatic N) is 1. The van der Waals surface area contributed by atoms with Crippen LogP contribution in [0.15, 0.2) is 24.5 Å². The maximum Gasteiger partial charge on any atom is 0.323 e. The minimum absolute atomic E-state index is 0. The highest BCUT2D eigenvalue weighted by molar-refractivity contribution is 5.85. The lowest BCUT2D eigenvalue weighted by Crippen LogP contribution is -2.36. The van der Waals surface area contributed by atoms with Gasteiger partial charge >= 0.3 is 5.97 Å². The fraction of sp³-hybridized carbons (Fsp3) is 0.455. The van der Waals surface area contributed by atoms with Crippen molar-refractivity contribution in [3.63, 3.8) is 0 Å². The van der Waals surface area contributed by atoms with Gasteiger partial charge in [0.2, 0.25) is 0 Å². The summed E-state index contributed by atoms with van der Waals surface area (Å²) in [6.45, 7) is 4.00. The van der Waals surface area contributed by atoms with Gasteiger partial charge in [-0.15, -0.1) is 24.8 Å². The topological polar surface area (TPSA) is 65.2 Å². The van der Waals surface area contributed by atoms with Crippen molar-refractivity contribution in [2.45, 2.75) is 26.5 Å². The molecule has 0 saturated carbocycles. The highest BCUT2D eigenvalue weighted by atomic mass is 35.5. The van der Waals surface area contributed by atoms with E-state index >= 15 is 0 Å². The van der Waals surface area contributed by atoms with Gasteiger partial charge in [-0.3, -0.25) is 9.78 Å². The third-order valence-corrected chi connectivity index (χ3v) is 2.09. The van der Waals surface area contributed by atoms with Crippen molar-refractivity contribution in [1.82, 2.24) is 4.98 Å². The van der Waals surface area contributed by atoms with E-state index in [1.54, 1.807) is 18.5 Å². The van der Waals surface area contributed by atoms with Gasteiger partial charge in [0.15, 0.2) is 0 Å². The number of carbonyl (C=O) groups excluding carboxylic acids is 1. The summed E-state index contributed by atoms with van der Waals surface area (Å²) in [5.74, 6) is -0.278. The lowest BCUT2D eigenvalue weighted by atomic mass is 10.1. The first kappa shape index (κ1) is 18.5. The number of pyridine rings is 1. The van der Waals surface area contributed by atoms with E-state index in [9.17, 15) is 4.79 Å². The average Bonchev–Trinajstić information content (AvgIpc) is 2.26. The number of hydrogen-bond acceptors (Lipinski definition) is 4. The molecule has 6 heteroatoms. The molecule has 0 amide bonds. The first-order valence-corrected chi connectivity index (χ1v) is 4.92. The zero-order valence-corrected chi connectivity index (χ0v) is 11.5. The van der Waals surface area contributed by atoms with Crippen LogP contribution in [0.4, 0.5) is 0 Å². The number of carbonyl (C=O) groups is 1. The van der Waals surface area contributed by atoms with E-state index < -0.39 is 6.04 Å². The van der Waals surface area contributed by atoms with Crippen molar-refractivity contribution < 1.29 is 9.53 Å². The van der Waals surface area contributed by atoms with Crippen molar-refractivity contribution in [1.29, 1.82) is 0 Å². The molecule has 17 heavy (non-hydrogen) atoms. The largest absolute Gasteiger partial charge is 0.460 e. The van der Waals surface area contributed by atoms with E-state index in [0.717, 1.165) is 5.56 Å². The normalized spacial score (nSPS) is 11.1. The highest BCUT2D eigenvalue weighted by Crippen LogP contribution is 2.04. The molecule has 0 aliphatic rings. The third kappa shape index (κ3) is 6.46. The van der Waals surface area contributed by atoms with Crippen LogP contribution < -0.4 is 5.73 Å². The van der Waals surface area contributed by atoms with Crippen LogP contribution in [0.3, 0.4) is 0 Å². The molecule has 4 nitrogen and oxygen atoms in total. The maximum absolute atomic E-state index is 11.4. The number of hydrogen-bond donors (Lipinski definition) is 1. The smallest absolute Gasteiger partial charge is 0.323 e. The number of halogens is 2.